The molecule has 2 rings (SSSR count). The first-order valence-electron chi connectivity index (χ1n) is 12.2. The predicted octanol–water partition coefficient (Wildman–Crippen LogP) is 3.38. The fourth-order valence-corrected chi connectivity index (χ4v) is 4.20. The van der Waals surface area contributed by atoms with Crippen LogP contribution in [0.25, 0.3) is 6.08 Å². The van der Waals surface area contributed by atoms with E-state index in [2.05, 4.69) is 16.0 Å². The van der Waals surface area contributed by atoms with E-state index in [1.807, 2.05) is 6.92 Å². The van der Waals surface area contributed by atoms with E-state index in [1.54, 1.807) is 19.1 Å². The minimum atomic E-state index is -1.53. The molecule has 1 aromatic carbocycles. The van der Waals surface area contributed by atoms with Crippen LogP contribution in [0.3, 0.4) is 0 Å². The number of benzene rings is 1. The number of amides is 4. The highest BCUT2D eigenvalue weighted by Gasteiger charge is 2.24. The molecular weight excluding hydrogens is 563 g/mol. The molecule has 0 fully saturated rings. The number of carbonyl (C=O) groups excluding carboxylic acids is 4. The maximum atomic E-state index is 12.8. The number of carboxylic acid groups (broad SMARTS) is 1. The molecule has 2 atom stereocenters. The summed E-state index contributed by atoms with van der Waals surface area (Å²) in [5.74, 6) is -2.96. The van der Waals surface area contributed by atoms with Gasteiger partial charge in [0.05, 0.1) is 21.9 Å². The minimum absolute atomic E-state index is 0.0561. The van der Waals surface area contributed by atoms with Crippen molar-refractivity contribution in [2.45, 2.75) is 45.8 Å². The predicted molar refractivity (Wildman–Crippen MR) is 149 cm³/mol. The van der Waals surface area contributed by atoms with Gasteiger partial charge in [0.2, 0.25) is 17.7 Å². The highest BCUT2D eigenvalue weighted by Crippen LogP contribution is 2.27. The maximum Gasteiger partial charge on any atom is 0.330 e. The zero-order chi connectivity index (χ0) is 29.8. The van der Waals surface area contributed by atoms with E-state index in [9.17, 15) is 29.1 Å². The lowest BCUT2D eigenvalue weighted by atomic mass is 10.1. The first kappa shape index (κ1) is 32.1. The molecule has 0 aliphatic carbocycles. The van der Waals surface area contributed by atoms with Crippen LogP contribution in [-0.4, -0.2) is 58.2 Å². The van der Waals surface area contributed by atoms with E-state index in [4.69, 9.17) is 27.6 Å². The second kappa shape index (κ2) is 15.5. The third-order valence-corrected chi connectivity index (χ3v) is 6.12. The second-order valence-electron chi connectivity index (χ2n) is 8.55. The Kier molecular flexibility index (Phi) is 12.4. The number of halogens is 2. The standard InChI is InChI=1S/C27H30Cl2N4O7/c1-4-11-33(17(3)34)16(2)25(36)30-10-9-22(27(38)39)32-26(37)24-20(28)13-18(14-21(24)29)15-31-23(35)8-7-19-6-5-12-40-19/h5-10,12-14,16,22H,4,11,15H2,1-3H3,(H,30,36)(H,31,35)(H,32,37)(H,38,39)/b8-7+,10-9-. The van der Waals surface area contributed by atoms with Gasteiger partial charge in [-0.25, -0.2) is 4.79 Å². The summed E-state index contributed by atoms with van der Waals surface area (Å²) in [5, 5.41) is 16.8. The maximum absolute atomic E-state index is 12.8. The minimum Gasteiger partial charge on any atom is -0.479 e. The lowest BCUT2D eigenvalue weighted by Gasteiger charge is -2.26. The van der Waals surface area contributed by atoms with Crippen molar-refractivity contribution >= 4 is 58.9 Å². The Labute approximate surface area is 241 Å². The van der Waals surface area contributed by atoms with Crippen LogP contribution in [0, 0.1) is 0 Å². The zero-order valence-electron chi connectivity index (χ0n) is 22.1. The van der Waals surface area contributed by atoms with E-state index < -0.39 is 35.8 Å². The molecule has 11 nitrogen and oxygen atoms in total. The largest absolute Gasteiger partial charge is 0.479 e. The van der Waals surface area contributed by atoms with Crippen molar-refractivity contribution in [3.8, 4) is 0 Å². The average molecular weight is 593 g/mol. The number of rotatable bonds is 13. The lowest BCUT2D eigenvalue weighted by molar-refractivity contribution is -0.138. The van der Waals surface area contributed by atoms with Gasteiger partial charge in [-0.3, -0.25) is 19.2 Å². The van der Waals surface area contributed by atoms with Crippen LogP contribution in [0.4, 0.5) is 0 Å². The average Bonchev–Trinajstić information content (AvgIpc) is 3.41. The van der Waals surface area contributed by atoms with Crippen molar-refractivity contribution in [2.75, 3.05) is 6.54 Å². The van der Waals surface area contributed by atoms with Crippen molar-refractivity contribution in [1.82, 2.24) is 20.9 Å². The normalized spacial score (nSPS) is 12.6. The number of hydrogen-bond acceptors (Lipinski definition) is 6. The lowest BCUT2D eigenvalue weighted by Crippen LogP contribution is -2.46. The SMILES string of the molecule is CCCN(C(C)=O)C(C)C(=O)N/C=C\C(NC(=O)c1c(Cl)cc(CNC(=O)/C=C/c2ccco2)cc1Cl)C(=O)O. The molecule has 0 aliphatic heterocycles. The summed E-state index contributed by atoms with van der Waals surface area (Å²) in [6, 6.07) is 3.90. The zero-order valence-corrected chi connectivity index (χ0v) is 23.6. The van der Waals surface area contributed by atoms with Crippen LogP contribution in [0.15, 0.2) is 53.3 Å². The van der Waals surface area contributed by atoms with Crippen LogP contribution >= 0.6 is 23.2 Å². The van der Waals surface area contributed by atoms with E-state index in [1.165, 1.54) is 42.4 Å². The Balaban J connectivity index is 2.02. The molecule has 1 heterocycles. The number of nitrogens with one attached hydrogen (secondary N) is 3. The van der Waals surface area contributed by atoms with Crippen molar-refractivity contribution in [3.05, 3.63) is 75.8 Å². The molecular formula is C27H30Cl2N4O7. The third-order valence-electron chi connectivity index (χ3n) is 5.52. The molecule has 0 saturated heterocycles. The van der Waals surface area contributed by atoms with Gasteiger partial charge in [-0.15, -0.1) is 0 Å². The van der Waals surface area contributed by atoms with Crippen molar-refractivity contribution < 1.29 is 33.5 Å². The first-order valence-corrected chi connectivity index (χ1v) is 12.9. The van der Waals surface area contributed by atoms with Crippen molar-refractivity contribution in [2.24, 2.45) is 0 Å². The Morgan fingerprint density at radius 1 is 1.15 bits per heavy atom. The van der Waals surface area contributed by atoms with Crippen LogP contribution in [0.5, 0.6) is 0 Å². The first-order chi connectivity index (χ1) is 18.9. The molecule has 1 aromatic heterocycles. The van der Waals surface area contributed by atoms with E-state index in [0.29, 0.717) is 24.3 Å². The molecule has 13 heteroatoms. The van der Waals surface area contributed by atoms with E-state index in [0.717, 1.165) is 12.3 Å². The second-order valence-corrected chi connectivity index (χ2v) is 9.36. The molecule has 0 bridgehead atoms. The number of hydrogen-bond donors (Lipinski definition) is 4. The number of nitrogens with zero attached hydrogens (tertiary/aromatic N) is 1. The molecule has 0 spiro atoms. The van der Waals surface area contributed by atoms with Crippen molar-refractivity contribution in [3.63, 3.8) is 0 Å². The highest BCUT2D eigenvalue weighted by atomic mass is 35.5. The van der Waals surface area contributed by atoms with Crippen LogP contribution in [0.2, 0.25) is 10.0 Å². The molecule has 2 unspecified atom stereocenters. The number of carbonyl (C=O) groups is 5. The quantitative estimate of drug-likeness (QED) is 0.259. The smallest absolute Gasteiger partial charge is 0.330 e. The number of furan rings is 1. The fourth-order valence-electron chi connectivity index (χ4n) is 3.50. The van der Waals surface area contributed by atoms with Crippen LogP contribution in [-0.2, 0) is 25.7 Å². The fraction of sp³-hybridized carbons (Fsp3) is 0.296. The summed E-state index contributed by atoms with van der Waals surface area (Å²) < 4.78 is 5.11. The molecule has 40 heavy (non-hydrogen) atoms. The summed E-state index contributed by atoms with van der Waals surface area (Å²) in [6.07, 6.45) is 7.06. The molecule has 4 N–H and O–H groups in total. The van der Waals surface area contributed by atoms with Gasteiger partial charge in [-0.1, -0.05) is 30.1 Å². The summed E-state index contributed by atoms with van der Waals surface area (Å²) in [5.41, 5.74) is 0.339. The van der Waals surface area contributed by atoms with E-state index in [-0.39, 0.29) is 28.1 Å². The Bertz CT molecular complexity index is 1270. The van der Waals surface area contributed by atoms with Gasteiger partial charge in [0, 0.05) is 32.3 Å². The molecule has 4 amide bonds. The summed E-state index contributed by atoms with van der Waals surface area (Å²) >= 11 is 12.5. The Morgan fingerprint density at radius 3 is 2.38 bits per heavy atom. The summed E-state index contributed by atoms with van der Waals surface area (Å²) in [7, 11) is 0. The third kappa shape index (κ3) is 9.58. The van der Waals surface area contributed by atoms with Crippen LogP contribution in [0.1, 0.15) is 48.9 Å². The van der Waals surface area contributed by atoms with Gasteiger partial charge in [-0.05, 0) is 55.3 Å². The van der Waals surface area contributed by atoms with Crippen molar-refractivity contribution in [1.29, 1.82) is 0 Å². The van der Waals surface area contributed by atoms with Gasteiger partial charge < -0.3 is 30.4 Å². The molecule has 0 radical (unpaired) electrons. The van der Waals surface area contributed by atoms with Gasteiger partial charge in [0.25, 0.3) is 5.91 Å². The summed E-state index contributed by atoms with van der Waals surface area (Å²) in [6.45, 7) is 5.21. The molecule has 214 valence electrons. The molecule has 0 saturated carbocycles. The van der Waals surface area contributed by atoms with E-state index >= 15 is 0 Å². The van der Waals surface area contributed by atoms with Gasteiger partial charge >= 0.3 is 5.97 Å². The molecule has 2 aromatic rings. The number of aliphatic carboxylic acids is 1. The summed E-state index contributed by atoms with van der Waals surface area (Å²) in [4.78, 5) is 62.1. The Morgan fingerprint density at radius 2 is 1.82 bits per heavy atom. The highest BCUT2D eigenvalue weighted by molar-refractivity contribution is 6.39. The van der Waals surface area contributed by atoms with Gasteiger partial charge in [0.15, 0.2) is 0 Å². The van der Waals surface area contributed by atoms with Gasteiger partial charge in [-0.2, -0.15) is 0 Å². The number of carboxylic acids is 1. The Hall–Kier alpha value is -4.09. The van der Waals surface area contributed by atoms with Crippen LogP contribution < -0.4 is 16.0 Å². The monoisotopic (exact) mass is 592 g/mol. The van der Waals surface area contributed by atoms with Gasteiger partial charge in [0.1, 0.15) is 17.8 Å². The molecule has 0 aliphatic rings. The topological polar surface area (TPSA) is 158 Å².